The van der Waals surface area contributed by atoms with Gasteiger partial charge in [0.1, 0.15) is 0 Å². The standard InChI is InChI=1S/C15H23N3S/c1-3-4-5-6-7-13-8-10-14(11-9-13)12(2)17-18-15(16)19/h8-11H,3-7H2,1-2H3,(H3,16,18,19)/b17-12+. The van der Waals surface area contributed by atoms with Crippen molar-refractivity contribution in [2.45, 2.75) is 46.0 Å². The highest BCUT2D eigenvalue weighted by molar-refractivity contribution is 7.80. The number of nitrogens with one attached hydrogen (secondary N) is 1. The van der Waals surface area contributed by atoms with Crippen molar-refractivity contribution >= 4 is 23.0 Å². The Balaban J connectivity index is 2.51. The lowest BCUT2D eigenvalue weighted by molar-refractivity contribution is 0.667. The van der Waals surface area contributed by atoms with E-state index < -0.39 is 0 Å². The van der Waals surface area contributed by atoms with Crippen LogP contribution in [0.4, 0.5) is 0 Å². The maximum atomic E-state index is 5.34. The Labute approximate surface area is 121 Å². The summed E-state index contributed by atoms with van der Waals surface area (Å²) in [6.45, 7) is 4.17. The fraction of sp³-hybridized carbons (Fsp3) is 0.467. The second-order valence-corrected chi connectivity index (χ2v) is 5.12. The molecule has 0 fully saturated rings. The first-order chi connectivity index (χ1) is 9.13. The number of hydrazone groups is 1. The van der Waals surface area contributed by atoms with Crippen molar-refractivity contribution < 1.29 is 0 Å². The van der Waals surface area contributed by atoms with Crippen molar-refractivity contribution in [3.63, 3.8) is 0 Å². The summed E-state index contributed by atoms with van der Waals surface area (Å²) in [6, 6.07) is 8.52. The Bertz CT molecular complexity index is 424. The van der Waals surface area contributed by atoms with E-state index in [1.807, 2.05) is 6.92 Å². The number of benzene rings is 1. The minimum atomic E-state index is 0.187. The molecule has 104 valence electrons. The normalized spacial score (nSPS) is 11.4. The van der Waals surface area contributed by atoms with Crippen molar-refractivity contribution in [2.75, 3.05) is 0 Å². The Morgan fingerprint density at radius 3 is 2.47 bits per heavy atom. The Hall–Kier alpha value is -1.42. The fourth-order valence-corrected chi connectivity index (χ4v) is 1.92. The molecule has 0 aliphatic carbocycles. The molecule has 0 aromatic heterocycles. The van der Waals surface area contributed by atoms with Crippen molar-refractivity contribution in [1.29, 1.82) is 0 Å². The first-order valence-corrected chi connectivity index (χ1v) is 7.23. The molecule has 0 spiro atoms. The molecule has 3 nitrogen and oxygen atoms in total. The average Bonchev–Trinajstić information content (AvgIpc) is 2.41. The van der Waals surface area contributed by atoms with Gasteiger partial charge in [0.25, 0.3) is 0 Å². The highest BCUT2D eigenvalue weighted by atomic mass is 32.1. The molecule has 19 heavy (non-hydrogen) atoms. The molecule has 0 heterocycles. The van der Waals surface area contributed by atoms with Gasteiger partial charge in [-0.05, 0) is 43.1 Å². The predicted molar refractivity (Wildman–Crippen MR) is 86.4 cm³/mol. The van der Waals surface area contributed by atoms with Crippen molar-refractivity contribution in [3.8, 4) is 0 Å². The van der Waals surface area contributed by atoms with E-state index in [0.29, 0.717) is 0 Å². The fourth-order valence-electron chi connectivity index (χ4n) is 1.87. The zero-order chi connectivity index (χ0) is 14.1. The van der Waals surface area contributed by atoms with E-state index in [4.69, 9.17) is 18.0 Å². The molecular formula is C15H23N3S. The number of hydrogen-bond donors (Lipinski definition) is 2. The van der Waals surface area contributed by atoms with Crippen LogP contribution in [0.2, 0.25) is 0 Å². The largest absolute Gasteiger partial charge is 0.375 e. The number of hydrogen-bond acceptors (Lipinski definition) is 2. The summed E-state index contributed by atoms with van der Waals surface area (Å²) >= 11 is 4.71. The predicted octanol–water partition coefficient (Wildman–Crippen LogP) is 3.37. The van der Waals surface area contributed by atoms with Crippen LogP contribution in [0.3, 0.4) is 0 Å². The van der Waals surface area contributed by atoms with E-state index in [1.54, 1.807) is 0 Å². The molecule has 1 aromatic carbocycles. The van der Waals surface area contributed by atoms with Crippen LogP contribution in [0.25, 0.3) is 0 Å². The average molecular weight is 277 g/mol. The van der Waals surface area contributed by atoms with E-state index >= 15 is 0 Å². The second-order valence-electron chi connectivity index (χ2n) is 4.68. The van der Waals surface area contributed by atoms with Gasteiger partial charge < -0.3 is 5.73 Å². The number of aryl methyl sites for hydroxylation is 1. The summed E-state index contributed by atoms with van der Waals surface area (Å²) < 4.78 is 0. The van der Waals surface area contributed by atoms with Crippen molar-refractivity contribution in [3.05, 3.63) is 35.4 Å². The molecule has 0 saturated heterocycles. The highest BCUT2D eigenvalue weighted by Gasteiger charge is 1.99. The van der Waals surface area contributed by atoms with Crippen molar-refractivity contribution in [2.24, 2.45) is 10.8 Å². The summed E-state index contributed by atoms with van der Waals surface area (Å²) in [7, 11) is 0. The zero-order valence-electron chi connectivity index (χ0n) is 11.8. The molecule has 0 aliphatic heterocycles. The third-order valence-corrected chi connectivity index (χ3v) is 3.12. The summed E-state index contributed by atoms with van der Waals surface area (Å²) in [4.78, 5) is 0. The topological polar surface area (TPSA) is 50.4 Å². The van der Waals surface area contributed by atoms with Gasteiger partial charge in [0, 0.05) is 0 Å². The summed E-state index contributed by atoms with van der Waals surface area (Å²) in [5, 5.41) is 4.30. The smallest absolute Gasteiger partial charge is 0.184 e. The van der Waals surface area contributed by atoms with Gasteiger partial charge >= 0.3 is 0 Å². The quantitative estimate of drug-likeness (QED) is 0.348. The van der Waals surface area contributed by atoms with Crippen LogP contribution in [0.5, 0.6) is 0 Å². The van der Waals surface area contributed by atoms with E-state index in [0.717, 1.165) is 17.7 Å². The molecule has 1 rings (SSSR count). The van der Waals surface area contributed by atoms with Gasteiger partial charge in [0.2, 0.25) is 0 Å². The lowest BCUT2D eigenvalue weighted by Gasteiger charge is -2.05. The third kappa shape index (κ3) is 6.34. The first kappa shape index (κ1) is 15.6. The highest BCUT2D eigenvalue weighted by Crippen LogP contribution is 2.10. The lowest BCUT2D eigenvalue weighted by atomic mass is 10.0. The van der Waals surface area contributed by atoms with Crippen LogP contribution in [0, 0.1) is 0 Å². The molecule has 4 heteroatoms. The molecule has 0 radical (unpaired) electrons. The third-order valence-electron chi connectivity index (χ3n) is 3.02. The van der Waals surface area contributed by atoms with Gasteiger partial charge in [-0.25, -0.2) is 0 Å². The number of nitrogens with two attached hydrogens (primary N) is 1. The number of thiocarbonyl (C=S) groups is 1. The second kappa shape index (κ2) is 8.64. The maximum absolute atomic E-state index is 5.34. The summed E-state index contributed by atoms with van der Waals surface area (Å²) in [5.74, 6) is 0. The van der Waals surface area contributed by atoms with Crippen molar-refractivity contribution in [1.82, 2.24) is 5.43 Å². The minimum Gasteiger partial charge on any atom is -0.375 e. The molecule has 0 aliphatic rings. The summed E-state index contributed by atoms with van der Waals surface area (Å²) in [5.41, 5.74) is 11.3. The van der Waals surface area contributed by atoms with Gasteiger partial charge in [-0.15, -0.1) is 0 Å². The van der Waals surface area contributed by atoms with E-state index in [-0.39, 0.29) is 5.11 Å². The van der Waals surface area contributed by atoms with Gasteiger partial charge in [0.05, 0.1) is 5.71 Å². The van der Waals surface area contributed by atoms with Gasteiger partial charge in [-0.3, -0.25) is 5.43 Å². The number of rotatable bonds is 7. The Kier molecular flexibility index (Phi) is 7.11. The lowest BCUT2D eigenvalue weighted by Crippen LogP contribution is -2.25. The Morgan fingerprint density at radius 1 is 1.21 bits per heavy atom. The maximum Gasteiger partial charge on any atom is 0.184 e. The molecular weight excluding hydrogens is 254 g/mol. The van der Waals surface area contributed by atoms with Gasteiger partial charge in [0.15, 0.2) is 5.11 Å². The molecule has 0 amide bonds. The van der Waals surface area contributed by atoms with E-state index in [1.165, 1.54) is 31.2 Å². The Morgan fingerprint density at radius 2 is 1.89 bits per heavy atom. The minimum absolute atomic E-state index is 0.187. The van der Waals surface area contributed by atoms with Crippen LogP contribution in [0.15, 0.2) is 29.4 Å². The monoisotopic (exact) mass is 277 g/mol. The zero-order valence-corrected chi connectivity index (χ0v) is 12.6. The SMILES string of the molecule is CCCCCCc1ccc(/C(C)=N/NC(N)=S)cc1. The molecule has 0 atom stereocenters. The molecule has 0 unspecified atom stereocenters. The van der Waals surface area contributed by atoms with Crippen LogP contribution in [-0.2, 0) is 6.42 Å². The van der Waals surface area contributed by atoms with Crippen LogP contribution < -0.4 is 11.2 Å². The molecule has 1 aromatic rings. The summed E-state index contributed by atoms with van der Waals surface area (Å²) in [6.07, 6.45) is 6.35. The molecule has 0 saturated carbocycles. The number of nitrogens with zero attached hydrogens (tertiary/aromatic N) is 1. The van der Waals surface area contributed by atoms with Crippen LogP contribution in [-0.4, -0.2) is 10.8 Å². The van der Waals surface area contributed by atoms with Crippen LogP contribution >= 0.6 is 12.2 Å². The van der Waals surface area contributed by atoms with Crippen LogP contribution in [0.1, 0.15) is 50.7 Å². The molecule has 3 N–H and O–H groups in total. The molecule has 0 bridgehead atoms. The number of unbranched alkanes of at least 4 members (excludes halogenated alkanes) is 3. The van der Waals surface area contributed by atoms with Gasteiger partial charge in [-0.1, -0.05) is 50.5 Å². The van der Waals surface area contributed by atoms with Gasteiger partial charge in [-0.2, -0.15) is 5.10 Å². The van der Waals surface area contributed by atoms with E-state index in [9.17, 15) is 0 Å². The first-order valence-electron chi connectivity index (χ1n) is 6.82. The van der Waals surface area contributed by atoms with E-state index in [2.05, 4.69) is 41.7 Å².